The fraction of sp³-hybridized carbons (Fsp3) is 0.143. The Morgan fingerprint density at radius 1 is 1.26 bits per heavy atom. The van der Waals surface area contributed by atoms with E-state index in [1.165, 1.54) is 12.1 Å². The highest BCUT2D eigenvalue weighted by atomic mass is 19.1. The number of pyridine rings is 1. The first kappa shape index (κ1) is 13.0. The minimum atomic E-state index is -0.547. The zero-order chi connectivity index (χ0) is 13.8. The van der Waals surface area contributed by atoms with Gasteiger partial charge in [-0.2, -0.15) is 0 Å². The SMILES string of the molecule is CCOC(=O)c1nc(N)ccc1-c1ccc(F)cc1. The number of nitrogens with two attached hydrogens (primary N) is 1. The molecule has 0 atom stereocenters. The Balaban J connectivity index is 2.50. The predicted molar refractivity (Wildman–Crippen MR) is 70.0 cm³/mol. The Kier molecular flexibility index (Phi) is 3.75. The van der Waals surface area contributed by atoms with Crippen LogP contribution in [-0.2, 0) is 4.74 Å². The lowest BCUT2D eigenvalue weighted by Crippen LogP contribution is -2.10. The Labute approximate surface area is 110 Å². The number of anilines is 1. The Bertz CT molecular complexity index is 597. The van der Waals surface area contributed by atoms with Gasteiger partial charge in [0.05, 0.1) is 6.61 Å². The molecule has 0 saturated carbocycles. The first-order chi connectivity index (χ1) is 9.11. The van der Waals surface area contributed by atoms with E-state index in [-0.39, 0.29) is 23.9 Å². The predicted octanol–water partition coefficient (Wildman–Crippen LogP) is 2.65. The van der Waals surface area contributed by atoms with Crippen LogP contribution in [0.2, 0.25) is 0 Å². The van der Waals surface area contributed by atoms with Crippen molar-refractivity contribution in [1.82, 2.24) is 4.98 Å². The van der Waals surface area contributed by atoms with Gasteiger partial charge in [0.15, 0.2) is 5.69 Å². The number of benzene rings is 1. The maximum Gasteiger partial charge on any atom is 0.357 e. The average molecular weight is 260 g/mol. The average Bonchev–Trinajstić information content (AvgIpc) is 2.40. The van der Waals surface area contributed by atoms with Gasteiger partial charge in [-0.15, -0.1) is 0 Å². The molecule has 0 spiro atoms. The number of nitrogen functional groups attached to an aromatic ring is 1. The summed E-state index contributed by atoms with van der Waals surface area (Å²) < 4.78 is 17.9. The van der Waals surface area contributed by atoms with Crippen LogP contribution in [0.5, 0.6) is 0 Å². The van der Waals surface area contributed by atoms with Crippen LogP contribution >= 0.6 is 0 Å². The molecule has 0 fully saturated rings. The second-order valence-corrected chi connectivity index (χ2v) is 3.86. The molecule has 2 aromatic rings. The molecule has 0 saturated heterocycles. The molecule has 0 aliphatic heterocycles. The number of ether oxygens (including phenoxy) is 1. The van der Waals surface area contributed by atoms with Gasteiger partial charge in [0.25, 0.3) is 0 Å². The van der Waals surface area contributed by atoms with Crippen LogP contribution < -0.4 is 5.73 Å². The van der Waals surface area contributed by atoms with Crippen molar-refractivity contribution in [3.63, 3.8) is 0 Å². The van der Waals surface area contributed by atoms with Crippen LogP contribution in [0.25, 0.3) is 11.1 Å². The number of hydrogen-bond acceptors (Lipinski definition) is 4. The van der Waals surface area contributed by atoms with Crippen molar-refractivity contribution in [1.29, 1.82) is 0 Å². The number of esters is 1. The smallest absolute Gasteiger partial charge is 0.357 e. The van der Waals surface area contributed by atoms with Gasteiger partial charge in [-0.05, 0) is 36.8 Å². The summed E-state index contributed by atoms with van der Waals surface area (Å²) in [6.45, 7) is 1.96. The number of nitrogens with zero attached hydrogens (tertiary/aromatic N) is 1. The molecule has 0 unspecified atom stereocenters. The monoisotopic (exact) mass is 260 g/mol. The molecule has 0 bridgehead atoms. The highest BCUT2D eigenvalue weighted by Gasteiger charge is 2.16. The molecule has 0 radical (unpaired) electrons. The molecule has 0 amide bonds. The molecule has 0 aliphatic rings. The first-order valence-corrected chi connectivity index (χ1v) is 5.81. The van der Waals surface area contributed by atoms with Crippen LogP contribution in [-0.4, -0.2) is 17.6 Å². The summed E-state index contributed by atoms with van der Waals surface area (Å²) in [5.74, 6) is -0.659. The van der Waals surface area contributed by atoms with E-state index >= 15 is 0 Å². The van der Waals surface area contributed by atoms with Crippen molar-refractivity contribution in [2.24, 2.45) is 0 Å². The summed E-state index contributed by atoms with van der Waals surface area (Å²) in [4.78, 5) is 15.8. The lowest BCUT2D eigenvalue weighted by Gasteiger charge is -2.09. The van der Waals surface area contributed by atoms with Crippen LogP contribution in [0.3, 0.4) is 0 Å². The zero-order valence-electron chi connectivity index (χ0n) is 10.4. The molecule has 4 nitrogen and oxygen atoms in total. The molecule has 98 valence electrons. The molecule has 5 heteroatoms. The first-order valence-electron chi connectivity index (χ1n) is 5.81. The summed E-state index contributed by atoms with van der Waals surface area (Å²) in [6.07, 6.45) is 0. The lowest BCUT2D eigenvalue weighted by molar-refractivity contribution is 0.0520. The maximum absolute atomic E-state index is 12.9. The van der Waals surface area contributed by atoms with E-state index in [0.29, 0.717) is 11.1 Å². The van der Waals surface area contributed by atoms with Gasteiger partial charge in [0.1, 0.15) is 11.6 Å². The third-order valence-electron chi connectivity index (χ3n) is 2.54. The van der Waals surface area contributed by atoms with Crippen molar-refractivity contribution < 1.29 is 13.9 Å². The summed E-state index contributed by atoms with van der Waals surface area (Å²) >= 11 is 0. The van der Waals surface area contributed by atoms with Gasteiger partial charge >= 0.3 is 5.97 Å². The largest absolute Gasteiger partial charge is 0.461 e. The minimum absolute atomic E-state index is 0.133. The van der Waals surface area contributed by atoms with Gasteiger partial charge in [0.2, 0.25) is 0 Å². The van der Waals surface area contributed by atoms with Crippen LogP contribution in [0, 0.1) is 5.82 Å². The van der Waals surface area contributed by atoms with Gasteiger partial charge in [-0.1, -0.05) is 12.1 Å². The molecule has 1 aromatic heterocycles. The number of halogens is 1. The van der Waals surface area contributed by atoms with Gasteiger partial charge in [0, 0.05) is 5.56 Å². The Morgan fingerprint density at radius 3 is 2.58 bits per heavy atom. The van der Waals surface area contributed by atoms with E-state index in [4.69, 9.17) is 10.5 Å². The highest BCUT2D eigenvalue weighted by molar-refractivity contribution is 5.95. The summed E-state index contributed by atoms with van der Waals surface area (Å²) in [7, 11) is 0. The normalized spacial score (nSPS) is 10.2. The molecule has 1 heterocycles. The fourth-order valence-electron chi connectivity index (χ4n) is 1.69. The molecule has 2 N–H and O–H groups in total. The fourth-order valence-corrected chi connectivity index (χ4v) is 1.69. The van der Waals surface area contributed by atoms with Gasteiger partial charge in [-0.25, -0.2) is 14.2 Å². The molecule has 2 rings (SSSR count). The molecule has 0 aliphatic carbocycles. The van der Waals surface area contributed by atoms with E-state index in [1.807, 2.05) is 0 Å². The van der Waals surface area contributed by atoms with Crippen molar-refractivity contribution in [2.75, 3.05) is 12.3 Å². The van der Waals surface area contributed by atoms with E-state index in [9.17, 15) is 9.18 Å². The quantitative estimate of drug-likeness (QED) is 0.861. The van der Waals surface area contributed by atoms with Crippen LogP contribution in [0.15, 0.2) is 36.4 Å². The second kappa shape index (κ2) is 5.48. The lowest BCUT2D eigenvalue weighted by atomic mass is 10.0. The van der Waals surface area contributed by atoms with E-state index in [1.54, 1.807) is 31.2 Å². The van der Waals surface area contributed by atoms with Crippen molar-refractivity contribution in [3.8, 4) is 11.1 Å². The summed E-state index contributed by atoms with van der Waals surface area (Å²) in [6, 6.07) is 9.04. The maximum atomic E-state index is 12.9. The topological polar surface area (TPSA) is 65.2 Å². The van der Waals surface area contributed by atoms with E-state index in [2.05, 4.69) is 4.98 Å². The second-order valence-electron chi connectivity index (χ2n) is 3.86. The molecular weight excluding hydrogens is 247 g/mol. The van der Waals surface area contributed by atoms with Crippen molar-refractivity contribution >= 4 is 11.8 Å². The van der Waals surface area contributed by atoms with Crippen molar-refractivity contribution in [3.05, 3.63) is 47.9 Å². The Hall–Kier alpha value is -2.43. The van der Waals surface area contributed by atoms with Crippen molar-refractivity contribution in [2.45, 2.75) is 6.92 Å². The number of hydrogen-bond donors (Lipinski definition) is 1. The number of rotatable bonds is 3. The Morgan fingerprint density at radius 2 is 1.95 bits per heavy atom. The standard InChI is InChI=1S/C14H13FN2O2/c1-2-19-14(18)13-11(7-8-12(16)17-13)9-3-5-10(15)6-4-9/h3-8H,2H2,1H3,(H2,16,17). The summed E-state index contributed by atoms with van der Waals surface area (Å²) in [5.41, 5.74) is 6.96. The third-order valence-corrected chi connectivity index (χ3v) is 2.54. The third kappa shape index (κ3) is 2.88. The molecule has 1 aromatic carbocycles. The van der Waals surface area contributed by atoms with Crippen LogP contribution in [0.4, 0.5) is 10.2 Å². The van der Waals surface area contributed by atoms with E-state index in [0.717, 1.165) is 0 Å². The zero-order valence-corrected chi connectivity index (χ0v) is 10.4. The molecular formula is C14H13FN2O2. The minimum Gasteiger partial charge on any atom is -0.461 e. The highest BCUT2D eigenvalue weighted by Crippen LogP contribution is 2.24. The van der Waals surface area contributed by atoms with Crippen LogP contribution in [0.1, 0.15) is 17.4 Å². The molecule has 19 heavy (non-hydrogen) atoms. The number of carbonyl (C=O) groups is 1. The number of aromatic nitrogens is 1. The van der Waals surface area contributed by atoms with Gasteiger partial charge in [-0.3, -0.25) is 0 Å². The number of carbonyl (C=O) groups excluding carboxylic acids is 1. The van der Waals surface area contributed by atoms with Gasteiger partial charge < -0.3 is 10.5 Å². The van der Waals surface area contributed by atoms with E-state index < -0.39 is 5.97 Å². The summed E-state index contributed by atoms with van der Waals surface area (Å²) in [5, 5.41) is 0.